The van der Waals surface area contributed by atoms with Gasteiger partial charge in [-0.2, -0.15) is 0 Å². The van der Waals surface area contributed by atoms with E-state index in [1.165, 1.54) is 0 Å². The Kier molecular flexibility index (Phi) is 1.99. The van der Waals surface area contributed by atoms with Gasteiger partial charge in [-0.15, -0.1) is 0 Å². The Morgan fingerprint density at radius 3 is 2.56 bits per heavy atom. The van der Waals surface area contributed by atoms with E-state index in [-0.39, 0.29) is 0 Å². The molecule has 0 unspecified atom stereocenters. The van der Waals surface area contributed by atoms with Gasteiger partial charge in [0.05, 0.1) is 19.1 Å². The van der Waals surface area contributed by atoms with E-state index in [9.17, 15) is 0 Å². The number of hydroxylamine groups is 1. The molecule has 4 heteroatoms. The van der Waals surface area contributed by atoms with Crippen molar-refractivity contribution >= 4 is 21.9 Å². The Morgan fingerprint density at radius 2 is 1.81 bits per heavy atom. The molecule has 3 rings (SSSR count). The third kappa shape index (κ3) is 1.11. The molecule has 2 aromatic heterocycles. The molecular weight excluding hydrogens is 206 g/mol. The minimum Gasteiger partial charge on any atom is -0.464 e. The van der Waals surface area contributed by atoms with Crippen LogP contribution in [0, 0.1) is 6.92 Å². The van der Waals surface area contributed by atoms with Crippen molar-refractivity contribution < 1.29 is 14.0 Å². The van der Waals surface area contributed by atoms with Gasteiger partial charge in [-0.1, -0.05) is 0 Å². The summed E-state index contributed by atoms with van der Waals surface area (Å²) in [6, 6.07) is 3.80. The van der Waals surface area contributed by atoms with Crippen LogP contribution in [0.4, 0.5) is 0 Å². The Labute approximate surface area is 91.4 Å². The second-order valence-corrected chi connectivity index (χ2v) is 3.77. The lowest BCUT2D eigenvalue weighted by Gasteiger charge is -2.05. The van der Waals surface area contributed by atoms with Crippen LogP contribution in [0.5, 0.6) is 0 Å². The third-order valence-corrected chi connectivity index (χ3v) is 2.93. The molecule has 16 heavy (non-hydrogen) atoms. The average molecular weight is 217 g/mol. The fraction of sp³-hybridized carbons (Fsp3) is 0.167. The number of nitrogens with one attached hydrogen (secondary N) is 1. The summed E-state index contributed by atoms with van der Waals surface area (Å²) in [5, 5.41) is 10.9. The van der Waals surface area contributed by atoms with Crippen molar-refractivity contribution in [2.45, 2.75) is 13.5 Å². The lowest BCUT2D eigenvalue weighted by molar-refractivity contribution is 0.161. The van der Waals surface area contributed by atoms with Gasteiger partial charge in [-0.3, -0.25) is 0 Å². The largest absolute Gasteiger partial charge is 0.464 e. The molecular formula is C12H11NO3. The molecule has 0 spiro atoms. The lowest BCUT2D eigenvalue weighted by Crippen LogP contribution is -2.06. The minimum absolute atomic E-state index is 0.334. The van der Waals surface area contributed by atoms with Crippen molar-refractivity contribution in [3.05, 3.63) is 35.8 Å². The molecule has 2 heterocycles. The number of hydrogen-bond donors (Lipinski definition) is 2. The molecule has 0 saturated heterocycles. The van der Waals surface area contributed by atoms with Gasteiger partial charge >= 0.3 is 0 Å². The van der Waals surface area contributed by atoms with Gasteiger partial charge in [-0.25, -0.2) is 5.48 Å². The summed E-state index contributed by atoms with van der Waals surface area (Å²) in [7, 11) is 0. The predicted molar refractivity (Wildman–Crippen MR) is 59.3 cm³/mol. The zero-order valence-corrected chi connectivity index (χ0v) is 8.78. The molecule has 0 bridgehead atoms. The van der Waals surface area contributed by atoms with Crippen molar-refractivity contribution in [1.29, 1.82) is 0 Å². The number of hydrogen-bond acceptors (Lipinski definition) is 4. The highest BCUT2D eigenvalue weighted by molar-refractivity contribution is 6.01. The Morgan fingerprint density at radius 1 is 1.12 bits per heavy atom. The average Bonchev–Trinajstić information content (AvgIpc) is 2.92. The second kappa shape index (κ2) is 3.37. The highest BCUT2D eigenvalue weighted by atomic mass is 16.5. The van der Waals surface area contributed by atoms with Crippen LogP contribution < -0.4 is 5.48 Å². The highest BCUT2D eigenvalue weighted by Crippen LogP contribution is 2.33. The molecule has 82 valence electrons. The maximum absolute atomic E-state index is 8.86. The topological polar surface area (TPSA) is 58.5 Å². The van der Waals surface area contributed by atoms with E-state index >= 15 is 0 Å². The fourth-order valence-corrected chi connectivity index (χ4v) is 2.17. The number of furan rings is 2. The van der Waals surface area contributed by atoms with E-state index in [4.69, 9.17) is 14.0 Å². The maximum Gasteiger partial charge on any atom is 0.139 e. The van der Waals surface area contributed by atoms with Gasteiger partial charge in [0.15, 0.2) is 0 Å². The molecule has 0 radical (unpaired) electrons. The monoisotopic (exact) mass is 217 g/mol. The van der Waals surface area contributed by atoms with Crippen LogP contribution in [-0.2, 0) is 6.54 Å². The summed E-state index contributed by atoms with van der Waals surface area (Å²) in [5.41, 5.74) is 5.79. The molecule has 4 nitrogen and oxygen atoms in total. The molecule has 3 aromatic rings. The minimum atomic E-state index is 0.334. The first kappa shape index (κ1) is 9.45. The normalized spacial score (nSPS) is 11.6. The van der Waals surface area contributed by atoms with Crippen molar-refractivity contribution in [3.8, 4) is 0 Å². The van der Waals surface area contributed by atoms with Crippen molar-refractivity contribution in [3.63, 3.8) is 0 Å². The van der Waals surface area contributed by atoms with Gasteiger partial charge in [0.25, 0.3) is 0 Å². The van der Waals surface area contributed by atoms with E-state index in [2.05, 4.69) is 5.48 Å². The molecule has 0 fully saturated rings. The molecule has 0 saturated carbocycles. The van der Waals surface area contributed by atoms with E-state index in [0.29, 0.717) is 6.54 Å². The van der Waals surface area contributed by atoms with Crippen LogP contribution in [0.3, 0.4) is 0 Å². The highest BCUT2D eigenvalue weighted by Gasteiger charge is 2.15. The molecule has 0 amide bonds. The van der Waals surface area contributed by atoms with Gasteiger partial charge < -0.3 is 14.0 Å². The molecule has 1 aromatic carbocycles. The van der Waals surface area contributed by atoms with E-state index < -0.39 is 0 Å². The van der Waals surface area contributed by atoms with Gasteiger partial charge in [-0.05, 0) is 19.1 Å². The molecule has 2 N–H and O–H groups in total. The maximum atomic E-state index is 8.86. The van der Waals surface area contributed by atoms with E-state index in [1.807, 2.05) is 19.1 Å². The Hall–Kier alpha value is -1.78. The zero-order chi connectivity index (χ0) is 11.1. The van der Waals surface area contributed by atoms with Crippen molar-refractivity contribution in [1.82, 2.24) is 5.48 Å². The Balaban J connectivity index is 2.51. The lowest BCUT2D eigenvalue weighted by atomic mass is 10.0. The van der Waals surface area contributed by atoms with Crippen LogP contribution in [0.1, 0.15) is 11.1 Å². The summed E-state index contributed by atoms with van der Waals surface area (Å²) in [4.78, 5) is 0. The summed E-state index contributed by atoms with van der Waals surface area (Å²) in [6.45, 7) is 2.33. The number of fused-ring (bicyclic) bond motifs is 2. The Bertz CT molecular complexity index is 599. The van der Waals surface area contributed by atoms with Gasteiger partial charge in [0.1, 0.15) is 11.2 Å². The summed E-state index contributed by atoms with van der Waals surface area (Å²) >= 11 is 0. The number of aryl methyl sites for hydroxylation is 1. The molecule has 0 aliphatic carbocycles. The first-order valence-corrected chi connectivity index (χ1v) is 5.05. The van der Waals surface area contributed by atoms with Crippen LogP contribution in [0.15, 0.2) is 33.5 Å². The van der Waals surface area contributed by atoms with Crippen LogP contribution in [0.2, 0.25) is 0 Å². The first-order chi connectivity index (χ1) is 7.83. The van der Waals surface area contributed by atoms with Gasteiger partial charge in [0.2, 0.25) is 0 Å². The SMILES string of the molecule is Cc1c2ccoc2c(CNO)c2ccoc12. The van der Waals surface area contributed by atoms with Crippen LogP contribution in [0.25, 0.3) is 21.9 Å². The van der Waals surface area contributed by atoms with Crippen molar-refractivity contribution in [2.24, 2.45) is 0 Å². The fourth-order valence-electron chi connectivity index (χ4n) is 2.17. The van der Waals surface area contributed by atoms with Gasteiger partial charge in [0, 0.05) is 21.9 Å². The predicted octanol–water partition coefficient (Wildman–Crippen LogP) is 2.97. The second-order valence-electron chi connectivity index (χ2n) is 3.77. The zero-order valence-electron chi connectivity index (χ0n) is 8.78. The summed E-state index contributed by atoms with van der Waals surface area (Å²) in [5.74, 6) is 0. The van der Waals surface area contributed by atoms with E-state index in [0.717, 1.165) is 33.1 Å². The smallest absolute Gasteiger partial charge is 0.139 e. The molecule has 0 aliphatic heterocycles. The summed E-state index contributed by atoms with van der Waals surface area (Å²) < 4.78 is 10.9. The standard InChI is InChI=1S/C12H11NO3/c1-7-8-2-4-16-12(8)10(6-13-14)9-3-5-15-11(7)9/h2-5,13-14H,6H2,1H3. The first-order valence-electron chi connectivity index (χ1n) is 5.05. The van der Waals surface area contributed by atoms with Crippen LogP contribution in [-0.4, -0.2) is 5.21 Å². The van der Waals surface area contributed by atoms with E-state index in [1.54, 1.807) is 12.5 Å². The van der Waals surface area contributed by atoms with Crippen LogP contribution >= 0.6 is 0 Å². The summed E-state index contributed by atoms with van der Waals surface area (Å²) in [6.07, 6.45) is 3.30. The number of rotatable bonds is 2. The molecule has 0 atom stereocenters. The third-order valence-electron chi connectivity index (χ3n) is 2.93. The number of benzene rings is 1. The quantitative estimate of drug-likeness (QED) is 0.648. The van der Waals surface area contributed by atoms with Crippen molar-refractivity contribution in [2.75, 3.05) is 0 Å². The molecule has 0 aliphatic rings.